The summed E-state index contributed by atoms with van der Waals surface area (Å²) in [5.74, 6) is -0.0957. The molecule has 0 aliphatic rings. The quantitative estimate of drug-likeness (QED) is 0.559. The molecule has 1 aromatic heterocycles. The van der Waals surface area contributed by atoms with Crippen LogP contribution in [-0.4, -0.2) is 15.3 Å². The van der Waals surface area contributed by atoms with Gasteiger partial charge in [-0.1, -0.05) is 11.6 Å². The first-order valence-electron chi connectivity index (χ1n) is 1.89. The lowest BCUT2D eigenvalue weighted by atomic mass is 10.5. The standard InChI is InChI=1S/C4H2ClN2O/c5-4-3(8)1-2-6-7-4/h1H,(H,6,8). The molecule has 8 heavy (non-hydrogen) atoms. The van der Waals surface area contributed by atoms with Crippen LogP contribution in [0.3, 0.4) is 0 Å². The topological polar surface area (TPSA) is 46.0 Å². The van der Waals surface area contributed by atoms with Gasteiger partial charge in [0.25, 0.3) is 0 Å². The van der Waals surface area contributed by atoms with Gasteiger partial charge in [-0.25, -0.2) is 0 Å². The summed E-state index contributed by atoms with van der Waals surface area (Å²) in [6, 6.07) is 1.25. The first kappa shape index (κ1) is 5.31. The van der Waals surface area contributed by atoms with Gasteiger partial charge >= 0.3 is 0 Å². The van der Waals surface area contributed by atoms with E-state index in [2.05, 4.69) is 16.4 Å². The van der Waals surface area contributed by atoms with E-state index in [1.807, 2.05) is 0 Å². The molecule has 41 valence electrons. The SMILES string of the molecule is Oc1c[c]nnc1Cl. The molecule has 0 saturated carbocycles. The molecule has 0 aliphatic heterocycles. The Balaban J connectivity index is 3.13. The largest absolute Gasteiger partial charge is 0.505 e. The lowest BCUT2D eigenvalue weighted by Gasteiger charge is -1.87. The number of nitrogens with zero attached hydrogens (tertiary/aromatic N) is 2. The molecule has 4 heteroatoms. The minimum absolute atomic E-state index is 0.00347. The molecule has 0 spiro atoms. The van der Waals surface area contributed by atoms with Gasteiger partial charge in [0.1, 0.15) is 6.20 Å². The summed E-state index contributed by atoms with van der Waals surface area (Å²) < 4.78 is 0. The fourth-order valence-electron chi connectivity index (χ4n) is 0.274. The van der Waals surface area contributed by atoms with E-state index in [1.54, 1.807) is 0 Å². The molecule has 0 amide bonds. The second kappa shape index (κ2) is 1.96. The molecule has 1 N–H and O–H groups in total. The summed E-state index contributed by atoms with van der Waals surface area (Å²) in [6.07, 6.45) is 2.31. The zero-order chi connectivity index (χ0) is 5.98. The third kappa shape index (κ3) is 0.869. The summed E-state index contributed by atoms with van der Waals surface area (Å²) in [4.78, 5) is 0. The van der Waals surface area contributed by atoms with E-state index in [1.165, 1.54) is 6.07 Å². The molecular formula is C4H2ClN2O. The lowest BCUT2D eigenvalue weighted by molar-refractivity contribution is 0.470. The Morgan fingerprint density at radius 3 is 2.88 bits per heavy atom. The van der Waals surface area contributed by atoms with Crippen molar-refractivity contribution >= 4 is 11.6 Å². The molecule has 0 fully saturated rings. The van der Waals surface area contributed by atoms with Crippen LogP contribution in [0.1, 0.15) is 0 Å². The molecule has 0 bridgehead atoms. The Morgan fingerprint density at radius 2 is 2.50 bits per heavy atom. The number of rotatable bonds is 0. The van der Waals surface area contributed by atoms with E-state index in [0.29, 0.717) is 0 Å². The van der Waals surface area contributed by atoms with Gasteiger partial charge in [0, 0.05) is 6.07 Å². The van der Waals surface area contributed by atoms with Crippen molar-refractivity contribution in [3.05, 3.63) is 17.4 Å². The molecule has 1 heterocycles. The molecule has 1 rings (SSSR count). The van der Waals surface area contributed by atoms with Gasteiger partial charge in [-0.2, -0.15) is 0 Å². The third-order valence-electron chi connectivity index (χ3n) is 0.608. The highest BCUT2D eigenvalue weighted by atomic mass is 35.5. The van der Waals surface area contributed by atoms with E-state index in [0.717, 1.165) is 0 Å². The molecule has 0 aromatic carbocycles. The van der Waals surface area contributed by atoms with E-state index >= 15 is 0 Å². The zero-order valence-corrected chi connectivity index (χ0v) is 4.55. The van der Waals surface area contributed by atoms with Crippen LogP contribution in [0.25, 0.3) is 0 Å². The summed E-state index contributed by atoms with van der Waals surface area (Å²) in [5, 5.41) is 15.2. The summed E-state index contributed by atoms with van der Waals surface area (Å²) in [6.45, 7) is 0. The molecule has 1 radical (unpaired) electrons. The van der Waals surface area contributed by atoms with Crippen LogP contribution >= 0.6 is 11.6 Å². The number of aromatic nitrogens is 2. The van der Waals surface area contributed by atoms with Crippen LogP contribution in [0.4, 0.5) is 0 Å². The Hall–Kier alpha value is -0.830. The first-order chi connectivity index (χ1) is 3.80. The van der Waals surface area contributed by atoms with Gasteiger partial charge in [-0.3, -0.25) is 0 Å². The molecule has 3 nitrogen and oxygen atoms in total. The first-order valence-corrected chi connectivity index (χ1v) is 2.27. The van der Waals surface area contributed by atoms with Crippen molar-refractivity contribution in [2.24, 2.45) is 0 Å². The minimum atomic E-state index is -0.0957. The zero-order valence-electron chi connectivity index (χ0n) is 3.80. The van der Waals surface area contributed by atoms with E-state index in [4.69, 9.17) is 16.7 Å². The van der Waals surface area contributed by atoms with Crippen molar-refractivity contribution in [2.45, 2.75) is 0 Å². The smallest absolute Gasteiger partial charge is 0.193 e. The van der Waals surface area contributed by atoms with Crippen molar-refractivity contribution in [1.82, 2.24) is 10.2 Å². The molecule has 1 aromatic rings. The Bertz CT molecular complexity index is 170. The van der Waals surface area contributed by atoms with E-state index < -0.39 is 0 Å². The average molecular weight is 130 g/mol. The molecule has 0 unspecified atom stereocenters. The lowest BCUT2D eigenvalue weighted by Crippen LogP contribution is -1.78. The summed E-state index contributed by atoms with van der Waals surface area (Å²) in [7, 11) is 0. The van der Waals surface area contributed by atoms with Crippen LogP contribution in [-0.2, 0) is 0 Å². The number of hydrogen-bond donors (Lipinski definition) is 1. The maximum atomic E-state index is 8.65. The summed E-state index contributed by atoms with van der Waals surface area (Å²) >= 11 is 5.27. The fraction of sp³-hybridized carbons (Fsp3) is 0. The highest BCUT2D eigenvalue weighted by Crippen LogP contribution is 2.15. The summed E-state index contributed by atoms with van der Waals surface area (Å²) in [5.41, 5.74) is 0. The van der Waals surface area contributed by atoms with Crippen LogP contribution in [0.15, 0.2) is 6.07 Å². The molecular weight excluding hydrogens is 128 g/mol. The van der Waals surface area contributed by atoms with Crippen LogP contribution < -0.4 is 0 Å². The van der Waals surface area contributed by atoms with Gasteiger partial charge in [-0.15, -0.1) is 10.2 Å². The van der Waals surface area contributed by atoms with Gasteiger partial charge in [-0.05, 0) is 0 Å². The fourth-order valence-corrected chi connectivity index (χ4v) is 0.366. The highest BCUT2D eigenvalue weighted by molar-refractivity contribution is 6.30. The van der Waals surface area contributed by atoms with E-state index in [-0.39, 0.29) is 10.9 Å². The second-order valence-electron chi connectivity index (χ2n) is 1.15. The minimum Gasteiger partial charge on any atom is -0.505 e. The van der Waals surface area contributed by atoms with Crippen molar-refractivity contribution in [1.29, 1.82) is 0 Å². The van der Waals surface area contributed by atoms with E-state index in [9.17, 15) is 0 Å². The van der Waals surface area contributed by atoms with Crippen molar-refractivity contribution < 1.29 is 5.11 Å². The number of hydrogen-bond acceptors (Lipinski definition) is 3. The van der Waals surface area contributed by atoms with Crippen molar-refractivity contribution in [3.63, 3.8) is 0 Å². The van der Waals surface area contributed by atoms with Gasteiger partial charge < -0.3 is 5.11 Å². The third-order valence-corrected chi connectivity index (χ3v) is 0.877. The van der Waals surface area contributed by atoms with Crippen molar-refractivity contribution in [3.8, 4) is 5.75 Å². The molecule has 0 aliphatic carbocycles. The average Bonchev–Trinajstić information content (AvgIpc) is 1.77. The van der Waals surface area contributed by atoms with Gasteiger partial charge in [0.2, 0.25) is 0 Å². The normalized spacial score (nSPS) is 9.12. The maximum Gasteiger partial charge on any atom is 0.193 e. The predicted octanol–water partition coefficient (Wildman–Crippen LogP) is 0.636. The Kier molecular flexibility index (Phi) is 1.30. The van der Waals surface area contributed by atoms with Crippen LogP contribution in [0.5, 0.6) is 5.75 Å². The molecule has 0 saturated heterocycles. The Labute approximate surface area is 50.9 Å². The second-order valence-corrected chi connectivity index (χ2v) is 1.51. The van der Waals surface area contributed by atoms with Crippen LogP contribution in [0, 0.1) is 6.20 Å². The Morgan fingerprint density at radius 1 is 1.75 bits per heavy atom. The number of aromatic hydroxyl groups is 1. The van der Waals surface area contributed by atoms with Crippen LogP contribution in [0.2, 0.25) is 5.15 Å². The maximum absolute atomic E-state index is 8.65. The molecule has 0 atom stereocenters. The predicted molar refractivity (Wildman–Crippen MR) is 27.5 cm³/mol. The van der Waals surface area contributed by atoms with Gasteiger partial charge in [0.05, 0.1) is 0 Å². The highest BCUT2D eigenvalue weighted by Gasteiger charge is 1.93. The number of halogens is 1. The van der Waals surface area contributed by atoms with Crippen molar-refractivity contribution in [2.75, 3.05) is 0 Å². The monoisotopic (exact) mass is 129 g/mol. The van der Waals surface area contributed by atoms with Gasteiger partial charge in [0.15, 0.2) is 10.9 Å².